The largest absolute Gasteiger partial charge is 0.416 e. The predicted molar refractivity (Wildman–Crippen MR) is 281 cm³/mol. The SMILES string of the molecule is O=C1C2=C(c3ccc(N(c4ccc(C(F)(F)F)cc4)c4ccc(C(F)(F)F)cc4)cc3)N(C=Cc3ccccc3)C(=O)C2=C(c2ccc(N(c3ccc(C(F)(F)F)cc3)c3ccc(C(F)(F)F)cc3)cc2)N1C=Cc1ccccc1. The summed E-state index contributed by atoms with van der Waals surface area (Å²) in [5.41, 5.74) is -0.572. The third-order valence-corrected chi connectivity index (χ3v) is 13.1. The molecule has 80 heavy (non-hydrogen) atoms. The van der Waals surface area contributed by atoms with Crippen LogP contribution >= 0.6 is 0 Å². The lowest BCUT2D eigenvalue weighted by Crippen LogP contribution is -2.24. The number of anilines is 6. The molecule has 2 amide bonds. The predicted octanol–water partition coefficient (Wildman–Crippen LogP) is 17.8. The molecule has 0 N–H and O–H groups in total. The minimum absolute atomic E-state index is 0.0456. The molecule has 2 aliphatic rings. The van der Waals surface area contributed by atoms with E-state index in [0.29, 0.717) is 22.3 Å². The second-order valence-electron chi connectivity index (χ2n) is 18.2. The number of halogens is 12. The molecule has 0 saturated carbocycles. The number of hydrogen-bond donors (Lipinski definition) is 0. The van der Waals surface area contributed by atoms with Crippen molar-refractivity contribution in [3.63, 3.8) is 0 Å². The van der Waals surface area contributed by atoms with E-state index in [1.165, 1.54) is 105 Å². The van der Waals surface area contributed by atoms with Crippen LogP contribution in [0.15, 0.2) is 230 Å². The van der Waals surface area contributed by atoms with Gasteiger partial charge in [0.15, 0.2) is 0 Å². The monoisotopic (exact) mass is 1100 g/mol. The van der Waals surface area contributed by atoms with Crippen molar-refractivity contribution in [1.82, 2.24) is 9.80 Å². The minimum atomic E-state index is -4.69. The first-order valence-corrected chi connectivity index (χ1v) is 24.2. The summed E-state index contributed by atoms with van der Waals surface area (Å²) in [5.74, 6) is -1.30. The van der Waals surface area contributed by atoms with Crippen LogP contribution in [0.5, 0.6) is 0 Å². The topological polar surface area (TPSA) is 47.1 Å². The molecular weight excluding hydrogens is 1060 g/mol. The zero-order valence-corrected chi connectivity index (χ0v) is 41.1. The van der Waals surface area contributed by atoms with Crippen molar-refractivity contribution in [1.29, 1.82) is 0 Å². The van der Waals surface area contributed by atoms with Gasteiger partial charge in [-0.05, 0) is 156 Å². The van der Waals surface area contributed by atoms with E-state index in [1.807, 2.05) is 0 Å². The first kappa shape index (κ1) is 53.8. The van der Waals surface area contributed by atoms with E-state index in [9.17, 15) is 52.7 Å². The van der Waals surface area contributed by atoms with Gasteiger partial charge in [-0.3, -0.25) is 19.4 Å². The number of carbonyl (C=O) groups is 2. The number of amides is 2. The maximum atomic E-state index is 15.3. The van der Waals surface area contributed by atoms with Crippen LogP contribution in [-0.4, -0.2) is 21.6 Å². The van der Waals surface area contributed by atoms with E-state index >= 15 is 9.59 Å². The van der Waals surface area contributed by atoms with Crippen LogP contribution in [0.3, 0.4) is 0 Å². The van der Waals surface area contributed by atoms with Crippen LogP contribution in [0, 0.1) is 0 Å². The van der Waals surface area contributed by atoms with E-state index < -0.39 is 58.8 Å². The van der Waals surface area contributed by atoms with Crippen LogP contribution in [0.1, 0.15) is 44.5 Å². The summed E-state index contributed by atoms with van der Waals surface area (Å²) in [6.45, 7) is 0. The van der Waals surface area contributed by atoms with Gasteiger partial charge in [0.2, 0.25) is 0 Å². The summed E-state index contributed by atoms with van der Waals surface area (Å²) < 4.78 is 164. The fraction of sp³-hybridized carbons (Fsp3) is 0.0645. The van der Waals surface area contributed by atoms with Crippen molar-refractivity contribution in [2.24, 2.45) is 0 Å². The molecule has 6 nitrogen and oxygen atoms in total. The highest BCUT2D eigenvalue weighted by Crippen LogP contribution is 2.49. The van der Waals surface area contributed by atoms with Gasteiger partial charge in [0.1, 0.15) is 0 Å². The quantitative estimate of drug-likeness (QED) is 0.114. The molecule has 0 aliphatic carbocycles. The van der Waals surface area contributed by atoms with Gasteiger partial charge < -0.3 is 9.80 Å². The molecule has 0 saturated heterocycles. The van der Waals surface area contributed by atoms with E-state index in [0.717, 1.165) is 48.5 Å². The van der Waals surface area contributed by atoms with Gasteiger partial charge in [-0.25, -0.2) is 0 Å². The average molecular weight is 1100 g/mol. The molecule has 2 aliphatic heterocycles. The standard InChI is InChI=1S/C62H38F12N4O2/c63-59(64,65)43-15-27-49(28-16-43)77(50-29-17-44(18-30-50)60(66,67)68)47-23-11-41(12-24-47)55-53-54(57(79)75(55)37-35-39-7-3-1-4-8-39)56(76(58(53)80)38-36-40-9-5-2-6-10-40)42-13-25-48(26-14-42)78(51-31-19-45(20-32-51)61(69,70)71)52-33-21-46(22-34-52)62(72,73)74/h1-38H. The Labute approximate surface area is 449 Å². The van der Waals surface area contributed by atoms with Crippen LogP contribution in [0.4, 0.5) is 86.8 Å². The van der Waals surface area contributed by atoms with Gasteiger partial charge >= 0.3 is 24.7 Å². The van der Waals surface area contributed by atoms with Crippen molar-refractivity contribution < 1.29 is 62.3 Å². The number of carbonyl (C=O) groups excluding carboxylic acids is 2. The van der Waals surface area contributed by atoms with Crippen molar-refractivity contribution in [2.45, 2.75) is 24.7 Å². The second-order valence-corrected chi connectivity index (χ2v) is 18.2. The average Bonchev–Trinajstić information content (AvgIpc) is 3.93. The summed E-state index contributed by atoms with van der Waals surface area (Å²) >= 11 is 0. The summed E-state index contributed by atoms with van der Waals surface area (Å²) in [6, 6.07) is 46.3. The van der Waals surface area contributed by atoms with Gasteiger partial charge in [-0.15, -0.1) is 0 Å². The Bertz CT molecular complexity index is 3340. The number of alkyl halides is 12. The lowest BCUT2D eigenvalue weighted by Gasteiger charge is -2.27. The highest BCUT2D eigenvalue weighted by molar-refractivity contribution is 6.31. The Hall–Kier alpha value is -9.58. The third kappa shape index (κ3) is 11.0. The first-order valence-electron chi connectivity index (χ1n) is 24.2. The Balaban J connectivity index is 1.12. The van der Waals surface area contributed by atoms with Crippen LogP contribution in [0.25, 0.3) is 23.5 Å². The highest BCUT2D eigenvalue weighted by Gasteiger charge is 2.48. The molecule has 10 rings (SSSR count). The van der Waals surface area contributed by atoms with Gasteiger partial charge in [-0.1, -0.05) is 84.9 Å². The van der Waals surface area contributed by atoms with Crippen molar-refractivity contribution in [3.8, 4) is 0 Å². The number of benzene rings is 8. The fourth-order valence-electron chi connectivity index (χ4n) is 9.27. The molecule has 0 spiro atoms. The van der Waals surface area contributed by atoms with Gasteiger partial charge in [0, 0.05) is 46.5 Å². The zero-order valence-electron chi connectivity index (χ0n) is 41.1. The summed E-state index contributed by atoms with van der Waals surface area (Å²) in [4.78, 5) is 36.0. The highest BCUT2D eigenvalue weighted by atomic mass is 19.4. The lowest BCUT2D eigenvalue weighted by molar-refractivity contribution is -0.138. The summed E-state index contributed by atoms with van der Waals surface area (Å²) in [6.07, 6.45) is -12.5. The van der Waals surface area contributed by atoms with Crippen molar-refractivity contribution in [2.75, 3.05) is 9.80 Å². The number of hydrogen-bond acceptors (Lipinski definition) is 4. The molecule has 402 valence electrons. The molecule has 8 aromatic rings. The van der Waals surface area contributed by atoms with E-state index in [4.69, 9.17) is 0 Å². The van der Waals surface area contributed by atoms with E-state index in [2.05, 4.69) is 0 Å². The van der Waals surface area contributed by atoms with E-state index in [1.54, 1.807) is 97.1 Å². The van der Waals surface area contributed by atoms with E-state index in [-0.39, 0.29) is 56.7 Å². The molecule has 8 aromatic carbocycles. The molecule has 0 fully saturated rings. The van der Waals surface area contributed by atoms with Gasteiger partial charge in [0.05, 0.1) is 44.8 Å². The Morgan fingerprint density at radius 1 is 0.300 bits per heavy atom. The Kier molecular flexibility index (Phi) is 14.1. The smallest absolute Gasteiger partial charge is 0.311 e. The Morgan fingerprint density at radius 3 is 0.750 bits per heavy atom. The van der Waals surface area contributed by atoms with Crippen LogP contribution < -0.4 is 9.80 Å². The molecule has 0 atom stereocenters. The second kappa shape index (κ2) is 21.0. The summed E-state index contributed by atoms with van der Waals surface area (Å²) in [7, 11) is 0. The lowest BCUT2D eigenvalue weighted by atomic mass is 10.0. The Morgan fingerprint density at radius 2 is 0.525 bits per heavy atom. The fourth-order valence-corrected chi connectivity index (χ4v) is 9.27. The molecular formula is C62H38F12N4O2. The summed E-state index contributed by atoms with van der Waals surface area (Å²) in [5, 5.41) is 0. The van der Waals surface area contributed by atoms with Crippen LogP contribution in [-0.2, 0) is 34.3 Å². The maximum absolute atomic E-state index is 15.3. The molecule has 0 unspecified atom stereocenters. The molecule has 0 radical (unpaired) electrons. The van der Waals surface area contributed by atoms with Gasteiger partial charge in [0.25, 0.3) is 11.8 Å². The molecule has 0 bridgehead atoms. The van der Waals surface area contributed by atoms with Crippen LogP contribution in [0.2, 0.25) is 0 Å². The van der Waals surface area contributed by atoms with Gasteiger partial charge in [-0.2, -0.15) is 52.7 Å². The molecule has 18 heteroatoms. The zero-order chi connectivity index (χ0) is 56.7. The van der Waals surface area contributed by atoms with Crippen molar-refractivity contribution in [3.05, 3.63) is 274 Å². The molecule has 0 aromatic heterocycles. The third-order valence-electron chi connectivity index (χ3n) is 13.1. The number of fused-ring (bicyclic) bond motifs is 1. The minimum Gasteiger partial charge on any atom is -0.311 e. The normalized spacial score (nSPS) is 14.3. The number of nitrogens with zero attached hydrogens (tertiary/aromatic N) is 4. The molecule has 2 heterocycles. The maximum Gasteiger partial charge on any atom is 0.416 e. The van der Waals surface area contributed by atoms with Crippen molar-refractivity contribution >= 4 is 69.5 Å². The number of rotatable bonds is 12. The first-order chi connectivity index (χ1) is 38.0.